The smallest absolute Gasteiger partial charge is 0.431 e. The van der Waals surface area contributed by atoms with E-state index in [1.165, 1.54) is 0 Å². The van der Waals surface area contributed by atoms with E-state index >= 15 is 0 Å². The Morgan fingerprint density at radius 3 is 1.39 bits per heavy atom. The summed E-state index contributed by atoms with van der Waals surface area (Å²) in [7, 11) is 0. The average Bonchev–Trinajstić information content (AvgIpc) is 2.21. The van der Waals surface area contributed by atoms with E-state index in [4.69, 9.17) is 0 Å². The molecule has 0 fully saturated rings. The topological polar surface area (TPSA) is 35.5 Å². The monoisotopic (exact) mass is 282 g/mol. The molecule has 0 radical (unpaired) electrons. The van der Waals surface area contributed by atoms with Crippen molar-refractivity contribution in [3.8, 4) is 0 Å². The molecule has 0 saturated carbocycles. The molecule has 0 spiro atoms. The van der Waals surface area contributed by atoms with Crippen molar-refractivity contribution >= 4 is 6.16 Å². The van der Waals surface area contributed by atoms with Gasteiger partial charge in [0.15, 0.2) is 0 Å². The van der Waals surface area contributed by atoms with Gasteiger partial charge in [-0.05, 0) is 0 Å². The van der Waals surface area contributed by atoms with E-state index in [1.54, 1.807) is 0 Å². The van der Waals surface area contributed by atoms with Gasteiger partial charge in [-0.25, -0.2) is 31.1 Å². The van der Waals surface area contributed by atoms with Crippen LogP contribution in [0.3, 0.4) is 0 Å². The fourth-order valence-electron chi connectivity index (χ4n) is 0.881. The lowest BCUT2D eigenvalue weighted by molar-refractivity contribution is 0.00469. The van der Waals surface area contributed by atoms with Crippen molar-refractivity contribution in [1.29, 1.82) is 0 Å². The molecule has 2 unspecified atom stereocenters. The van der Waals surface area contributed by atoms with Crippen molar-refractivity contribution in [3.63, 3.8) is 0 Å². The Bertz CT molecular complexity index is 216. The molecule has 0 N–H and O–H groups in total. The highest BCUT2D eigenvalue weighted by Crippen LogP contribution is 2.09. The van der Waals surface area contributed by atoms with E-state index in [0.717, 1.165) is 0 Å². The van der Waals surface area contributed by atoms with Gasteiger partial charge >= 0.3 is 6.16 Å². The Kier molecular flexibility index (Phi) is 8.30. The summed E-state index contributed by atoms with van der Waals surface area (Å²) in [6, 6.07) is 0. The summed E-state index contributed by atoms with van der Waals surface area (Å²) < 4.78 is 79.9. The van der Waals surface area contributed by atoms with Gasteiger partial charge in [-0.2, -0.15) is 0 Å². The number of hydrogen-bond acceptors (Lipinski definition) is 3. The molecule has 108 valence electrons. The number of hydrogen-bond donors (Lipinski definition) is 0. The molecule has 0 saturated heterocycles. The van der Waals surface area contributed by atoms with Gasteiger partial charge in [0.05, 0.1) is 0 Å². The Morgan fingerprint density at radius 1 is 0.778 bits per heavy atom. The summed E-state index contributed by atoms with van der Waals surface area (Å²) in [5.41, 5.74) is 0. The Hall–Kier alpha value is -1.15. The first-order valence-corrected chi connectivity index (χ1v) is 4.95. The predicted octanol–water partition coefficient (Wildman–Crippen LogP) is 3.13. The van der Waals surface area contributed by atoms with Crippen LogP contribution in [-0.2, 0) is 9.47 Å². The quantitative estimate of drug-likeness (QED) is 0.507. The molecular formula is C9H12F6O3. The van der Waals surface area contributed by atoms with Crippen LogP contribution in [0.15, 0.2) is 0 Å². The molecule has 9 heteroatoms. The Labute approximate surface area is 99.0 Å². The molecule has 3 nitrogen and oxygen atoms in total. The molecule has 0 bridgehead atoms. The molecular weight excluding hydrogens is 270 g/mol. The lowest BCUT2D eigenvalue weighted by Gasteiger charge is -2.10. The molecule has 0 heterocycles. The lowest BCUT2D eigenvalue weighted by atomic mass is 10.3. The van der Waals surface area contributed by atoms with E-state index in [9.17, 15) is 31.1 Å². The van der Waals surface area contributed by atoms with Crippen molar-refractivity contribution in [2.24, 2.45) is 0 Å². The van der Waals surface area contributed by atoms with E-state index < -0.39 is 57.4 Å². The van der Waals surface area contributed by atoms with Crippen LogP contribution in [0.1, 0.15) is 12.8 Å². The summed E-state index contributed by atoms with van der Waals surface area (Å²) in [6.07, 6.45) is -13.6. The summed E-state index contributed by atoms with van der Waals surface area (Å²) >= 11 is 0. The Morgan fingerprint density at radius 2 is 1.11 bits per heavy atom. The van der Waals surface area contributed by atoms with E-state index in [-0.39, 0.29) is 0 Å². The lowest BCUT2D eigenvalue weighted by Crippen LogP contribution is -2.21. The molecule has 0 aliphatic rings. The van der Waals surface area contributed by atoms with Crippen LogP contribution >= 0.6 is 0 Å². The third kappa shape index (κ3) is 10.0. The first-order valence-electron chi connectivity index (χ1n) is 4.95. The number of alkyl halides is 6. The van der Waals surface area contributed by atoms with Crippen LogP contribution in [0.2, 0.25) is 0 Å². The predicted molar refractivity (Wildman–Crippen MR) is 48.3 cm³/mol. The number of ether oxygens (including phenoxy) is 2. The number of carbonyl (C=O) groups is 1. The highest BCUT2D eigenvalue weighted by molar-refractivity contribution is 5.59. The first-order chi connectivity index (χ1) is 8.31. The van der Waals surface area contributed by atoms with Gasteiger partial charge in [0.1, 0.15) is 25.6 Å². The fraction of sp³-hybridized carbons (Fsp3) is 0.889. The van der Waals surface area contributed by atoms with Crippen LogP contribution in [0.25, 0.3) is 0 Å². The van der Waals surface area contributed by atoms with Gasteiger partial charge in [0.2, 0.25) is 12.9 Å². The minimum Gasteiger partial charge on any atom is -0.431 e. The van der Waals surface area contributed by atoms with Crippen LogP contribution in [0.5, 0.6) is 0 Å². The molecule has 0 amide bonds. The van der Waals surface area contributed by atoms with Crippen LogP contribution in [0, 0.1) is 0 Å². The maximum atomic E-state index is 12.6. The molecule has 2 atom stereocenters. The number of halogens is 6. The standard InChI is InChI=1S/C9H12F6O3/c10-5(1-7(12)13)3-17-9(16)18-4-6(11)2-8(14)15/h5-8H,1-4H2. The maximum absolute atomic E-state index is 12.6. The normalized spacial score (nSPS) is 14.7. The van der Waals surface area contributed by atoms with Crippen molar-refractivity contribution < 1.29 is 40.6 Å². The zero-order chi connectivity index (χ0) is 14.1. The zero-order valence-electron chi connectivity index (χ0n) is 9.13. The van der Waals surface area contributed by atoms with E-state index in [0.29, 0.717) is 0 Å². The van der Waals surface area contributed by atoms with Gasteiger partial charge in [-0.3, -0.25) is 0 Å². The minimum absolute atomic E-state index is 0.963. The SMILES string of the molecule is O=C(OCC(F)CC(F)F)OCC(F)CC(F)F. The van der Waals surface area contributed by atoms with Crippen molar-refractivity contribution in [2.45, 2.75) is 38.0 Å². The van der Waals surface area contributed by atoms with Gasteiger partial charge < -0.3 is 9.47 Å². The van der Waals surface area contributed by atoms with Crippen molar-refractivity contribution in [2.75, 3.05) is 13.2 Å². The largest absolute Gasteiger partial charge is 0.508 e. The second-order valence-electron chi connectivity index (χ2n) is 3.32. The van der Waals surface area contributed by atoms with Crippen LogP contribution in [-0.4, -0.2) is 44.6 Å². The summed E-state index contributed by atoms with van der Waals surface area (Å²) in [6.45, 7) is -1.93. The van der Waals surface area contributed by atoms with Crippen molar-refractivity contribution in [3.05, 3.63) is 0 Å². The third-order valence-electron chi connectivity index (χ3n) is 1.63. The molecule has 0 aliphatic heterocycles. The maximum Gasteiger partial charge on any atom is 0.508 e. The minimum atomic E-state index is -2.89. The van der Waals surface area contributed by atoms with Gasteiger partial charge in [0, 0.05) is 12.8 Å². The van der Waals surface area contributed by atoms with Gasteiger partial charge in [0.25, 0.3) is 0 Å². The van der Waals surface area contributed by atoms with E-state index in [2.05, 4.69) is 9.47 Å². The molecule has 0 rings (SSSR count). The van der Waals surface area contributed by atoms with E-state index in [1.807, 2.05) is 0 Å². The first kappa shape index (κ1) is 16.9. The summed E-state index contributed by atoms with van der Waals surface area (Å²) in [4.78, 5) is 10.7. The zero-order valence-corrected chi connectivity index (χ0v) is 9.13. The van der Waals surface area contributed by atoms with Crippen molar-refractivity contribution in [1.82, 2.24) is 0 Å². The number of rotatable bonds is 8. The average molecular weight is 282 g/mol. The summed E-state index contributed by atoms with van der Waals surface area (Å²) in [5, 5.41) is 0. The molecule has 0 aromatic heterocycles. The molecule has 0 aromatic rings. The summed E-state index contributed by atoms with van der Waals surface area (Å²) in [5.74, 6) is 0. The van der Waals surface area contributed by atoms with Gasteiger partial charge in [-0.15, -0.1) is 0 Å². The highest BCUT2D eigenvalue weighted by Gasteiger charge is 2.19. The number of carbonyl (C=O) groups excluding carboxylic acids is 1. The highest BCUT2D eigenvalue weighted by atomic mass is 19.3. The van der Waals surface area contributed by atoms with Crippen LogP contribution < -0.4 is 0 Å². The van der Waals surface area contributed by atoms with Gasteiger partial charge in [-0.1, -0.05) is 0 Å². The second-order valence-corrected chi connectivity index (χ2v) is 3.32. The molecule has 0 aromatic carbocycles. The Balaban J connectivity index is 3.65. The second kappa shape index (κ2) is 8.87. The van der Waals surface area contributed by atoms with Crippen LogP contribution in [0.4, 0.5) is 31.1 Å². The third-order valence-corrected chi connectivity index (χ3v) is 1.63. The fourth-order valence-corrected chi connectivity index (χ4v) is 0.881. The molecule has 18 heavy (non-hydrogen) atoms. The molecule has 0 aliphatic carbocycles.